The van der Waals surface area contributed by atoms with Crippen LogP contribution >= 0.6 is 11.8 Å². The molecule has 0 spiro atoms. The van der Waals surface area contributed by atoms with Crippen molar-refractivity contribution < 1.29 is 4.74 Å². The molecule has 0 aromatic rings. The summed E-state index contributed by atoms with van der Waals surface area (Å²) in [5.41, 5.74) is 0. The molecule has 82 valence electrons. The third-order valence-electron chi connectivity index (χ3n) is 3.48. The summed E-state index contributed by atoms with van der Waals surface area (Å²) in [7, 11) is 2.09. The average molecular weight is 215 g/mol. The highest BCUT2D eigenvalue weighted by Crippen LogP contribution is 2.31. The number of likely N-dealkylation sites (N-methyl/N-ethyl adjacent to an activating group) is 1. The quantitative estimate of drug-likeness (QED) is 0.777. The van der Waals surface area contributed by atoms with Crippen LogP contribution in [0, 0.1) is 5.92 Å². The smallest absolute Gasteiger partial charge is 0.0821 e. The van der Waals surface area contributed by atoms with E-state index in [0.29, 0.717) is 12.1 Å². The molecule has 3 heteroatoms. The Balaban J connectivity index is 1.89. The van der Waals surface area contributed by atoms with Crippen LogP contribution in [-0.4, -0.2) is 37.3 Å². The number of hydrogen-bond donors (Lipinski definition) is 1. The van der Waals surface area contributed by atoms with Crippen LogP contribution in [0.3, 0.4) is 0 Å². The molecule has 2 fully saturated rings. The Morgan fingerprint density at radius 3 is 2.71 bits per heavy atom. The summed E-state index contributed by atoms with van der Waals surface area (Å²) in [6, 6.07) is 0.602. The van der Waals surface area contributed by atoms with Gasteiger partial charge in [-0.1, -0.05) is 12.8 Å². The summed E-state index contributed by atoms with van der Waals surface area (Å²) >= 11 is 2.04. The monoisotopic (exact) mass is 215 g/mol. The fourth-order valence-electron chi connectivity index (χ4n) is 2.76. The maximum Gasteiger partial charge on any atom is 0.0821 e. The Morgan fingerprint density at radius 1 is 1.36 bits per heavy atom. The molecule has 0 aromatic carbocycles. The molecule has 0 bridgehead atoms. The Morgan fingerprint density at radius 2 is 2.14 bits per heavy atom. The van der Waals surface area contributed by atoms with E-state index in [1.54, 1.807) is 0 Å². The first-order valence-corrected chi connectivity index (χ1v) is 6.94. The zero-order valence-electron chi connectivity index (χ0n) is 9.00. The van der Waals surface area contributed by atoms with Crippen LogP contribution in [0.15, 0.2) is 0 Å². The van der Waals surface area contributed by atoms with E-state index in [1.165, 1.54) is 37.2 Å². The fraction of sp³-hybridized carbons (Fsp3) is 1.00. The Bertz CT molecular complexity index is 165. The minimum absolute atomic E-state index is 0.460. The van der Waals surface area contributed by atoms with Gasteiger partial charge < -0.3 is 10.1 Å². The van der Waals surface area contributed by atoms with Crippen molar-refractivity contribution in [1.29, 1.82) is 0 Å². The van der Waals surface area contributed by atoms with E-state index in [9.17, 15) is 0 Å². The lowest BCUT2D eigenvalue weighted by Gasteiger charge is -2.33. The van der Waals surface area contributed by atoms with Gasteiger partial charge in [-0.3, -0.25) is 0 Å². The topological polar surface area (TPSA) is 21.3 Å². The zero-order valence-corrected chi connectivity index (χ0v) is 9.81. The molecule has 1 aliphatic carbocycles. The van der Waals surface area contributed by atoms with Crippen LogP contribution in [-0.2, 0) is 4.74 Å². The van der Waals surface area contributed by atoms with Gasteiger partial charge in [-0.05, 0) is 25.8 Å². The van der Waals surface area contributed by atoms with Crippen LogP contribution in [0.2, 0.25) is 0 Å². The molecule has 2 atom stereocenters. The predicted octanol–water partition coefficient (Wildman–Crippen LogP) is 1.90. The van der Waals surface area contributed by atoms with Crippen molar-refractivity contribution in [1.82, 2.24) is 5.32 Å². The number of thioether (sulfide) groups is 1. The molecule has 1 saturated carbocycles. The zero-order chi connectivity index (χ0) is 9.80. The summed E-state index contributed by atoms with van der Waals surface area (Å²) in [6.07, 6.45) is 6.10. The minimum Gasteiger partial charge on any atom is -0.375 e. The molecule has 1 heterocycles. The fourth-order valence-corrected chi connectivity index (χ4v) is 3.67. The van der Waals surface area contributed by atoms with Crippen LogP contribution in [0.4, 0.5) is 0 Å². The van der Waals surface area contributed by atoms with Gasteiger partial charge in [-0.25, -0.2) is 0 Å². The van der Waals surface area contributed by atoms with Crippen molar-refractivity contribution in [3.8, 4) is 0 Å². The second kappa shape index (κ2) is 5.38. The van der Waals surface area contributed by atoms with Gasteiger partial charge in [0.05, 0.1) is 12.7 Å². The van der Waals surface area contributed by atoms with Crippen molar-refractivity contribution in [2.75, 3.05) is 25.2 Å². The van der Waals surface area contributed by atoms with Crippen molar-refractivity contribution in [2.24, 2.45) is 5.92 Å². The van der Waals surface area contributed by atoms with Crippen molar-refractivity contribution in [3.05, 3.63) is 0 Å². The summed E-state index contributed by atoms with van der Waals surface area (Å²) < 4.78 is 5.86. The maximum absolute atomic E-state index is 5.86. The number of rotatable bonds is 3. The van der Waals surface area contributed by atoms with E-state index in [4.69, 9.17) is 4.74 Å². The molecule has 1 saturated heterocycles. The van der Waals surface area contributed by atoms with Gasteiger partial charge in [0.25, 0.3) is 0 Å². The number of ether oxygens (including phenoxy) is 1. The molecule has 1 N–H and O–H groups in total. The third-order valence-corrected chi connectivity index (χ3v) is 4.50. The molecule has 2 unspecified atom stereocenters. The number of hydrogen-bond acceptors (Lipinski definition) is 3. The van der Waals surface area contributed by atoms with Crippen LogP contribution in [0.25, 0.3) is 0 Å². The summed E-state index contributed by atoms with van der Waals surface area (Å²) in [5.74, 6) is 3.23. The van der Waals surface area contributed by atoms with Crippen molar-refractivity contribution in [2.45, 2.75) is 37.8 Å². The molecule has 2 aliphatic rings. The minimum atomic E-state index is 0.460. The van der Waals surface area contributed by atoms with Crippen molar-refractivity contribution >= 4 is 11.8 Å². The highest BCUT2D eigenvalue weighted by molar-refractivity contribution is 7.99. The maximum atomic E-state index is 5.86. The van der Waals surface area contributed by atoms with Gasteiger partial charge in [0.2, 0.25) is 0 Å². The second-order valence-electron chi connectivity index (χ2n) is 4.34. The summed E-state index contributed by atoms with van der Waals surface area (Å²) in [4.78, 5) is 0. The lowest BCUT2D eigenvalue weighted by atomic mass is 9.94. The molecule has 2 nitrogen and oxygen atoms in total. The highest BCUT2D eigenvalue weighted by Gasteiger charge is 2.32. The van der Waals surface area contributed by atoms with Gasteiger partial charge in [0.1, 0.15) is 0 Å². The molecule has 0 radical (unpaired) electrons. The van der Waals surface area contributed by atoms with E-state index in [1.807, 2.05) is 11.8 Å². The number of nitrogens with one attached hydrogen (secondary N) is 1. The average Bonchev–Trinajstić information content (AvgIpc) is 2.74. The highest BCUT2D eigenvalue weighted by atomic mass is 32.2. The van der Waals surface area contributed by atoms with Gasteiger partial charge in [-0.2, -0.15) is 11.8 Å². The third kappa shape index (κ3) is 2.44. The largest absolute Gasteiger partial charge is 0.375 e. The Kier molecular flexibility index (Phi) is 4.14. The lowest BCUT2D eigenvalue weighted by Crippen LogP contribution is -2.47. The normalized spacial score (nSPS) is 31.9. The molecular formula is C11H21NOS. The van der Waals surface area contributed by atoms with E-state index >= 15 is 0 Å². The van der Waals surface area contributed by atoms with Gasteiger partial charge in [0, 0.05) is 17.5 Å². The van der Waals surface area contributed by atoms with E-state index < -0.39 is 0 Å². The van der Waals surface area contributed by atoms with Crippen molar-refractivity contribution in [3.63, 3.8) is 0 Å². The Hall–Kier alpha value is 0.270. The Labute approximate surface area is 91.2 Å². The van der Waals surface area contributed by atoms with E-state index in [2.05, 4.69) is 12.4 Å². The second-order valence-corrected chi connectivity index (χ2v) is 5.49. The van der Waals surface area contributed by atoms with Crippen LogP contribution in [0.5, 0.6) is 0 Å². The predicted molar refractivity (Wildman–Crippen MR) is 61.9 cm³/mol. The summed E-state index contributed by atoms with van der Waals surface area (Å²) in [5, 5.41) is 3.48. The van der Waals surface area contributed by atoms with Gasteiger partial charge >= 0.3 is 0 Å². The standard InChI is InChI=1S/C11H21NOS/c1-12-11(9-4-2-3-5-9)10-8-14-7-6-13-10/h9-12H,2-8H2,1H3. The summed E-state index contributed by atoms with van der Waals surface area (Å²) in [6.45, 7) is 0.945. The van der Waals surface area contributed by atoms with Crippen LogP contribution in [0.1, 0.15) is 25.7 Å². The molecule has 0 amide bonds. The molecule has 0 aromatic heterocycles. The molecule has 2 rings (SSSR count). The van der Waals surface area contributed by atoms with Gasteiger partial charge in [-0.15, -0.1) is 0 Å². The van der Waals surface area contributed by atoms with Gasteiger partial charge in [0.15, 0.2) is 0 Å². The lowest BCUT2D eigenvalue weighted by molar-refractivity contribution is 0.0328. The first-order chi connectivity index (χ1) is 6.92. The van der Waals surface area contributed by atoms with E-state index in [-0.39, 0.29) is 0 Å². The van der Waals surface area contributed by atoms with E-state index in [0.717, 1.165) is 12.5 Å². The first-order valence-electron chi connectivity index (χ1n) is 5.78. The molecule has 1 aliphatic heterocycles. The molecular weight excluding hydrogens is 194 g/mol. The SMILES string of the molecule is CNC(C1CCCC1)C1CSCCO1. The first kappa shape index (κ1) is 10.8. The van der Waals surface area contributed by atoms with Crippen LogP contribution < -0.4 is 5.32 Å². The molecule has 14 heavy (non-hydrogen) atoms.